The lowest BCUT2D eigenvalue weighted by Crippen LogP contribution is -2.08. The summed E-state index contributed by atoms with van der Waals surface area (Å²) in [4.78, 5) is 20.5. The highest BCUT2D eigenvalue weighted by Gasteiger charge is 2.33. The molecule has 0 radical (unpaired) electrons. The molecule has 2 aromatic rings. The molecule has 5 nitrogen and oxygen atoms in total. The quantitative estimate of drug-likeness (QED) is 0.779. The minimum atomic E-state index is -4.49. The third-order valence-corrected chi connectivity index (χ3v) is 4.29. The van der Waals surface area contributed by atoms with Crippen molar-refractivity contribution < 1.29 is 27.8 Å². The number of aliphatic hydroxyl groups is 1. The Hall–Kier alpha value is -2.74. The van der Waals surface area contributed by atoms with E-state index in [1.165, 1.54) is 25.6 Å². The zero-order chi connectivity index (χ0) is 19.6. The minimum absolute atomic E-state index is 0.0835. The largest absolute Gasteiger partial charge is 0.480 e. The zero-order valence-corrected chi connectivity index (χ0v) is 14.5. The molecule has 0 bridgehead atoms. The number of ketones is 1. The lowest BCUT2D eigenvalue weighted by Gasteiger charge is -2.14. The Morgan fingerprint density at radius 1 is 1.30 bits per heavy atom. The van der Waals surface area contributed by atoms with Crippen molar-refractivity contribution in [3.05, 3.63) is 46.6 Å². The molecule has 27 heavy (non-hydrogen) atoms. The Kier molecular flexibility index (Phi) is 5.27. The second-order valence-corrected chi connectivity index (χ2v) is 6.10. The maximum Gasteiger partial charge on any atom is 0.416 e. The van der Waals surface area contributed by atoms with Gasteiger partial charge in [0.15, 0.2) is 5.78 Å². The molecule has 0 spiro atoms. The molecule has 1 aromatic heterocycles. The summed E-state index contributed by atoms with van der Waals surface area (Å²) in [7, 11) is 1.36. The molecule has 3 rings (SSSR count). The first-order chi connectivity index (χ1) is 12.8. The smallest absolute Gasteiger partial charge is 0.416 e. The van der Waals surface area contributed by atoms with Gasteiger partial charge >= 0.3 is 6.18 Å². The standard InChI is InChI=1S/C19H17F3N2O3/c1-27-18-15(17(26)3-2-4-25)6-12(9-24-18)14-7-13(19(20,21)22)5-11-8-23-10-16(11)14/h5-7,9-10,25H,2-4,8H2,1H3. The lowest BCUT2D eigenvalue weighted by atomic mass is 9.93. The van der Waals surface area contributed by atoms with Crippen molar-refractivity contribution in [2.45, 2.75) is 25.6 Å². The highest BCUT2D eigenvalue weighted by Crippen LogP contribution is 2.37. The number of ether oxygens (including phenoxy) is 1. The number of methoxy groups -OCH3 is 1. The van der Waals surface area contributed by atoms with Crippen LogP contribution in [0, 0.1) is 0 Å². The van der Waals surface area contributed by atoms with E-state index in [-0.39, 0.29) is 43.2 Å². The number of hydrogen-bond donors (Lipinski definition) is 1. The Balaban J connectivity index is 2.13. The van der Waals surface area contributed by atoms with Gasteiger partial charge in [0, 0.05) is 36.6 Å². The molecule has 0 amide bonds. The predicted octanol–water partition coefficient (Wildman–Crippen LogP) is 3.66. The number of hydrogen-bond acceptors (Lipinski definition) is 5. The first-order valence-electron chi connectivity index (χ1n) is 8.27. The predicted molar refractivity (Wildman–Crippen MR) is 93.2 cm³/mol. The maximum atomic E-state index is 13.3. The van der Waals surface area contributed by atoms with E-state index in [1.807, 2.05) is 0 Å². The van der Waals surface area contributed by atoms with Crippen LogP contribution in [0.25, 0.3) is 11.1 Å². The van der Waals surface area contributed by atoms with Crippen molar-refractivity contribution in [3.8, 4) is 17.0 Å². The number of nitrogens with zero attached hydrogens (tertiary/aromatic N) is 2. The molecule has 0 fully saturated rings. The minimum Gasteiger partial charge on any atom is -0.480 e. The number of pyridine rings is 1. The molecule has 0 saturated heterocycles. The molecule has 0 aliphatic carbocycles. The molecule has 0 unspecified atom stereocenters. The Morgan fingerprint density at radius 3 is 2.74 bits per heavy atom. The fourth-order valence-corrected chi connectivity index (χ4v) is 2.97. The number of aliphatic hydroxyl groups excluding tert-OH is 1. The normalized spacial score (nSPS) is 12.9. The third kappa shape index (κ3) is 3.85. The summed E-state index contributed by atoms with van der Waals surface area (Å²) in [6.45, 7) is 0.0386. The number of carbonyl (C=O) groups is 1. The second-order valence-electron chi connectivity index (χ2n) is 6.10. The van der Waals surface area contributed by atoms with Crippen LogP contribution < -0.4 is 4.74 Å². The number of rotatable bonds is 6. The summed E-state index contributed by atoms with van der Waals surface area (Å²) in [5.74, 6) is -0.202. The summed E-state index contributed by atoms with van der Waals surface area (Å²) in [5, 5.41) is 8.91. The topological polar surface area (TPSA) is 71.8 Å². The Labute approximate surface area is 153 Å². The molecule has 1 aliphatic heterocycles. The highest BCUT2D eigenvalue weighted by molar-refractivity contribution is 6.00. The van der Waals surface area contributed by atoms with Gasteiger partial charge in [-0.15, -0.1) is 0 Å². The van der Waals surface area contributed by atoms with E-state index in [1.54, 1.807) is 0 Å². The van der Waals surface area contributed by atoms with Crippen molar-refractivity contribution in [3.63, 3.8) is 0 Å². The Bertz CT molecular complexity index is 908. The van der Waals surface area contributed by atoms with E-state index in [0.717, 1.165) is 12.1 Å². The summed E-state index contributed by atoms with van der Waals surface area (Å²) < 4.78 is 44.9. The van der Waals surface area contributed by atoms with E-state index < -0.39 is 11.7 Å². The van der Waals surface area contributed by atoms with Gasteiger partial charge in [-0.2, -0.15) is 13.2 Å². The number of fused-ring (bicyclic) bond motifs is 1. The molecule has 2 heterocycles. The number of benzene rings is 1. The van der Waals surface area contributed by atoms with Gasteiger partial charge < -0.3 is 9.84 Å². The van der Waals surface area contributed by atoms with E-state index in [2.05, 4.69) is 9.98 Å². The van der Waals surface area contributed by atoms with Gasteiger partial charge in [-0.1, -0.05) is 0 Å². The van der Waals surface area contributed by atoms with E-state index in [0.29, 0.717) is 22.3 Å². The van der Waals surface area contributed by atoms with Crippen LogP contribution in [0.5, 0.6) is 5.88 Å². The van der Waals surface area contributed by atoms with E-state index in [9.17, 15) is 18.0 Å². The lowest BCUT2D eigenvalue weighted by molar-refractivity contribution is -0.137. The molecular weight excluding hydrogens is 361 g/mol. The molecule has 1 N–H and O–H groups in total. The van der Waals surface area contributed by atoms with Crippen molar-refractivity contribution in [2.24, 2.45) is 4.99 Å². The van der Waals surface area contributed by atoms with Crippen LogP contribution in [0.15, 0.2) is 29.4 Å². The average Bonchev–Trinajstić information content (AvgIpc) is 3.12. The van der Waals surface area contributed by atoms with Crippen molar-refractivity contribution in [1.29, 1.82) is 0 Å². The van der Waals surface area contributed by atoms with E-state index >= 15 is 0 Å². The summed E-state index contributed by atoms with van der Waals surface area (Å²) in [6.07, 6.45) is -1.23. The van der Waals surface area contributed by atoms with Gasteiger partial charge in [0.1, 0.15) is 0 Å². The molecule has 8 heteroatoms. The third-order valence-electron chi connectivity index (χ3n) is 4.29. The average molecular weight is 378 g/mol. The van der Waals surface area contributed by atoms with Crippen molar-refractivity contribution >= 4 is 12.0 Å². The Morgan fingerprint density at radius 2 is 2.07 bits per heavy atom. The van der Waals surface area contributed by atoms with Crippen LogP contribution in [0.4, 0.5) is 13.2 Å². The number of alkyl halides is 3. The van der Waals surface area contributed by atoms with Crippen LogP contribution in [-0.2, 0) is 12.7 Å². The summed E-state index contributed by atoms with van der Waals surface area (Å²) >= 11 is 0. The van der Waals surface area contributed by atoms with Gasteiger partial charge in [-0.3, -0.25) is 9.79 Å². The molecule has 0 saturated carbocycles. The maximum absolute atomic E-state index is 13.3. The highest BCUT2D eigenvalue weighted by atomic mass is 19.4. The number of aromatic nitrogens is 1. The molecule has 0 atom stereocenters. The molecular formula is C19H17F3N2O3. The fraction of sp³-hybridized carbons (Fsp3) is 0.316. The fourth-order valence-electron chi connectivity index (χ4n) is 2.97. The second kappa shape index (κ2) is 7.48. The van der Waals surface area contributed by atoms with Crippen LogP contribution in [0.3, 0.4) is 0 Å². The SMILES string of the molecule is COc1ncc(-c2cc(C(F)(F)F)cc3c2C=NC3)cc1C(=O)CCCO. The number of halogens is 3. The monoisotopic (exact) mass is 378 g/mol. The summed E-state index contributed by atoms with van der Waals surface area (Å²) in [5.41, 5.74) is 1.15. The number of Topliss-reactive ketones (excluding diaryl/α,β-unsaturated/α-hetero) is 1. The van der Waals surface area contributed by atoms with Gasteiger partial charge in [0.2, 0.25) is 5.88 Å². The molecule has 1 aliphatic rings. The van der Waals surface area contributed by atoms with Gasteiger partial charge in [-0.25, -0.2) is 4.98 Å². The van der Waals surface area contributed by atoms with E-state index in [4.69, 9.17) is 9.84 Å². The first-order valence-corrected chi connectivity index (χ1v) is 8.27. The van der Waals surface area contributed by atoms with Crippen LogP contribution in [-0.4, -0.2) is 35.8 Å². The van der Waals surface area contributed by atoms with Crippen LogP contribution in [0.2, 0.25) is 0 Å². The van der Waals surface area contributed by atoms with Gasteiger partial charge in [0.05, 0.1) is 24.8 Å². The number of carbonyl (C=O) groups excluding carboxylic acids is 1. The first kappa shape index (κ1) is 19.0. The summed E-state index contributed by atoms with van der Waals surface area (Å²) in [6, 6.07) is 3.62. The molecule has 142 valence electrons. The van der Waals surface area contributed by atoms with Gasteiger partial charge in [-0.05, 0) is 35.7 Å². The van der Waals surface area contributed by atoms with Crippen molar-refractivity contribution in [1.82, 2.24) is 4.98 Å². The van der Waals surface area contributed by atoms with Crippen LogP contribution >= 0.6 is 0 Å². The zero-order valence-electron chi connectivity index (χ0n) is 14.5. The van der Waals surface area contributed by atoms with Gasteiger partial charge in [0.25, 0.3) is 0 Å². The molecule has 1 aromatic carbocycles. The van der Waals surface area contributed by atoms with Crippen molar-refractivity contribution in [2.75, 3.05) is 13.7 Å². The van der Waals surface area contributed by atoms with Crippen LogP contribution in [0.1, 0.15) is 39.9 Å². The number of aliphatic imine (C=N–C) groups is 1.